The molecule has 75 heavy (non-hydrogen) atoms. The number of hydrogen-bond acceptors (Lipinski definition) is 18. The van der Waals surface area contributed by atoms with Gasteiger partial charge in [0.05, 0.1) is 25.6 Å². The summed E-state index contributed by atoms with van der Waals surface area (Å²) in [5.41, 5.74) is 0.530. The number of rotatable bonds is 21. The molecule has 0 aromatic heterocycles. The molecule has 1 saturated heterocycles. The van der Waals surface area contributed by atoms with Crippen molar-refractivity contribution in [2.24, 2.45) is 53.3 Å². The highest BCUT2D eigenvalue weighted by atomic mass is 16.8. The van der Waals surface area contributed by atoms with Crippen molar-refractivity contribution in [2.75, 3.05) is 52.9 Å². The molecule has 6 aliphatic carbocycles. The molecule has 3 N–H and O–H groups in total. The number of Topliss-reactive ketones (excluding diaryl/α,β-unsaturated/α-hetero) is 2. The maximum atomic E-state index is 11.9. The second-order valence-electron chi connectivity index (χ2n) is 22.0. The monoisotopic (exact) mass is 1060 g/mol. The van der Waals surface area contributed by atoms with Gasteiger partial charge in [-0.15, -0.1) is 0 Å². The molecule has 7 fully saturated rings. The lowest BCUT2D eigenvalue weighted by Gasteiger charge is -2.39. The number of carbonyl (C=O) groups excluding carboxylic acids is 6. The highest BCUT2D eigenvalue weighted by Gasteiger charge is 2.56. The fraction of sp³-hybridized carbons (Fsp3) is 0.719. The minimum absolute atomic E-state index is 0. The molecular weight excluding hydrogens is 973 g/mol. The van der Waals surface area contributed by atoms with Crippen molar-refractivity contribution >= 4 is 35.4 Å². The third kappa shape index (κ3) is 19.4. The Morgan fingerprint density at radius 3 is 1.47 bits per heavy atom. The number of esters is 4. The molecule has 11 unspecified atom stereocenters. The van der Waals surface area contributed by atoms with Crippen LogP contribution in [0.1, 0.15) is 127 Å². The van der Waals surface area contributed by atoms with Gasteiger partial charge < -0.3 is 58.0 Å². The molecule has 424 valence electrons. The van der Waals surface area contributed by atoms with E-state index < -0.39 is 54.4 Å². The maximum Gasteiger partial charge on any atom is 0.333 e. The summed E-state index contributed by atoms with van der Waals surface area (Å²) < 4.78 is 46.8. The Morgan fingerprint density at radius 1 is 0.587 bits per heavy atom. The summed E-state index contributed by atoms with van der Waals surface area (Å²) in [6, 6.07) is 0. The summed E-state index contributed by atoms with van der Waals surface area (Å²) in [6.45, 7) is 24.8. The molecule has 11 atom stereocenters. The minimum atomic E-state index is -2.17. The van der Waals surface area contributed by atoms with Gasteiger partial charge in [0.1, 0.15) is 31.5 Å². The summed E-state index contributed by atoms with van der Waals surface area (Å²) >= 11 is 0. The largest absolute Gasteiger partial charge is 0.498 e. The van der Waals surface area contributed by atoms with Crippen molar-refractivity contribution in [3.63, 3.8) is 0 Å². The Hall–Kier alpha value is -4.56. The van der Waals surface area contributed by atoms with Gasteiger partial charge in [-0.1, -0.05) is 60.4 Å². The highest BCUT2D eigenvalue weighted by Crippen LogP contribution is 2.60. The van der Waals surface area contributed by atoms with E-state index in [1.807, 2.05) is 20.1 Å². The number of aliphatic hydroxyl groups excluding tert-OH is 1. The summed E-state index contributed by atoms with van der Waals surface area (Å²) in [5.74, 6) is 1.95. The van der Waals surface area contributed by atoms with Crippen LogP contribution in [0.5, 0.6) is 0 Å². The summed E-state index contributed by atoms with van der Waals surface area (Å²) in [5, 5.41) is 28.2. The van der Waals surface area contributed by atoms with Crippen LogP contribution in [0.3, 0.4) is 0 Å². The second-order valence-corrected chi connectivity index (χ2v) is 22.0. The highest BCUT2D eigenvalue weighted by molar-refractivity contribution is 5.91. The van der Waals surface area contributed by atoms with E-state index in [0.29, 0.717) is 12.0 Å². The summed E-state index contributed by atoms with van der Waals surface area (Å²) in [6.07, 6.45) is 16.3. The van der Waals surface area contributed by atoms with Crippen molar-refractivity contribution in [3.05, 3.63) is 60.4 Å². The van der Waals surface area contributed by atoms with Crippen LogP contribution in [-0.2, 0) is 71.4 Å². The number of ether oxygens (including phenoxy) is 9. The summed E-state index contributed by atoms with van der Waals surface area (Å²) in [4.78, 5) is 66.8. The Labute approximate surface area is 444 Å². The van der Waals surface area contributed by atoms with Crippen LogP contribution in [-0.4, -0.2) is 134 Å². The molecule has 0 spiro atoms. The molecular formula is C57H88O18. The first-order valence-corrected chi connectivity index (χ1v) is 26.0. The SMILES string of the molecule is C.C=C(C)C(=O)OCC(=O)CO.C=C(C)C(=O)OCC(=O)COC(OC1CC2CC1C1CCCC21)C(C)C.C=C(C)C(=O)OCC1(O)COC(O)(COC(=O)C(=C)C)OC1.CC(C)=COC1CC2CC1C1CCCC21. The molecule has 18 heteroatoms. The lowest BCUT2D eigenvalue weighted by atomic mass is 9.80. The van der Waals surface area contributed by atoms with Crippen LogP contribution in [0, 0.1) is 53.3 Å². The van der Waals surface area contributed by atoms with E-state index in [0.717, 1.165) is 47.8 Å². The van der Waals surface area contributed by atoms with Crippen molar-refractivity contribution in [1.29, 1.82) is 0 Å². The number of fused-ring (bicyclic) bond motifs is 10. The van der Waals surface area contributed by atoms with Gasteiger partial charge in [0, 0.05) is 28.2 Å². The van der Waals surface area contributed by atoms with Gasteiger partial charge in [0.2, 0.25) is 0 Å². The molecule has 6 saturated carbocycles. The van der Waals surface area contributed by atoms with E-state index >= 15 is 0 Å². The third-order valence-electron chi connectivity index (χ3n) is 14.8. The second kappa shape index (κ2) is 29.8. The lowest BCUT2D eigenvalue weighted by Crippen LogP contribution is -2.57. The predicted octanol–water partition coefficient (Wildman–Crippen LogP) is 7.22. The van der Waals surface area contributed by atoms with Crippen LogP contribution >= 0.6 is 0 Å². The average molecular weight is 1060 g/mol. The van der Waals surface area contributed by atoms with Crippen LogP contribution in [0.15, 0.2) is 60.4 Å². The zero-order valence-electron chi connectivity index (χ0n) is 45.0. The number of aliphatic hydroxyl groups is 3. The van der Waals surface area contributed by atoms with Crippen LogP contribution < -0.4 is 0 Å². The van der Waals surface area contributed by atoms with Gasteiger partial charge >= 0.3 is 29.9 Å². The molecule has 0 aromatic rings. The molecule has 0 aromatic carbocycles. The summed E-state index contributed by atoms with van der Waals surface area (Å²) in [7, 11) is 0. The van der Waals surface area contributed by atoms with Gasteiger partial charge in [0.25, 0.3) is 0 Å². The molecule has 7 aliphatic rings. The first-order valence-electron chi connectivity index (χ1n) is 26.0. The van der Waals surface area contributed by atoms with Crippen molar-refractivity contribution in [3.8, 4) is 0 Å². The fourth-order valence-corrected chi connectivity index (χ4v) is 11.3. The lowest BCUT2D eigenvalue weighted by molar-refractivity contribution is -0.420. The standard InChI is InChI=1S/C21H32O5.C14H20O8.C14H22O.C7H10O4.CH4/c1-12(2)20(23)24-10-15(22)11-25-21(13(3)4)26-19-9-14-8-18(19)17-7-5-6-16(14)17;1-9(2)11(15)19-5-13(17)6-21-14(18,22-7-13)8-20-12(16)10(3)4;1-9(2)8-15-14-7-10-6-13(14)12-5-3-4-11(10)12;1-5(2)7(10)11-4-6(9)3-8;/h13-14,16-19,21H,1,5-11H2,2-4H3;17-18H,1,3,5-8H2,2,4H3;8,10-14H,3-7H2,1-2H3;8H,1,3-4H2,2H3;1H4. The van der Waals surface area contributed by atoms with Crippen molar-refractivity contribution in [1.82, 2.24) is 0 Å². The van der Waals surface area contributed by atoms with E-state index in [1.54, 1.807) is 6.92 Å². The maximum absolute atomic E-state index is 11.9. The topological polar surface area (TPSA) is 246 Å². The quantitative estimate of drug-likeness (QED) is 0.0338. The Morgan fingerprint density at radius 2 is 1.01 bits per heavy atom. The molecule has 18 nitrogen and oxygen atoms in total. The van der Waals surface area contributed by atoms with E-state index in [2.05, 4.69) is 44.9 Å². The van der Waals surface area contributed by atoms with E-state index in [9.17, 15) is 39.0 Å². The zero-order valence-corrected chi connectivity index (χ0v) is 45.0. The first kappa shape index (κ1) is 64.7. The van der Waals surface area contributed by atoms with E-state index in [4.69, 9.17) is 43.0 Å². The fourth-order valence-electron chi connectivity index (χ4n) is 11.3. The minimum Gasteiger partial charge on any atom is -0.498 e. The van der Waals surface area contributed by atoms with Gasteiger partial charge in [-0.25, -0.2) is 19.2 Å². The number of hydrogen-bond donors (Lipinski definition) is 3. The third-order valence-corrected chi connectivity index (χ3v) is 14.8. The van der Waals surface area contributed by atoms with Crippen molar-refractivity contribution in [2.45, 2.75) is 157 Å². The normalized spacial score (nSPS) is 30.3. The van der Waals surface area contributed by atoms with Crippen LogP contribution in [0.4, 0.5) is 0 Å². The Bertz CT molecular complexity index is 2000. The number of carbonyl (C=O) groups is 6. The molecule has 4 bridgehead atoms. The average Bonchev–Trinajstić information content (AvgIpc) is 4.23. The number of ketones is 2. The smallest absolute Gasteiger partial charge is 0.333 e. The van der Waals surface area contributed by atoms with Gasteiger partial charge in [-0.2, -0.15) is 0 Å². The number of allylic oxidation sites excluding steroid dienone is 1. The first-order chi connectivity index (χ1) is 34.8. The Kier molecular flexibility index (Phi) is 25.7. The van der Waals surface area contributed by atoms with Crippen molar-refractivity contribution < 1.29 is 86.7 Å². The van der Waals surface area contributed by atoms with E-state index in [-0.39, 0.29) is 93.5 Å². The Balaban J connectivity index is 0.000000275. The molecule has 1 heterocycles. The van der Waals surface area contributed by atoms with Gasteiger partial charge in [0.15, 0.2) is 37.7 Å². The molecule has 1 aliphatic heterocycles. The van der Waals surface area contributed by atoms with Crippen LogP contribution in [0.25, 0.3) is 0 Å². The van der Waals surface area contributed by atoms with Crippen LogP contribution in [0.2, 0.25) is 0 Å². The predicted molar refractivity (Wildman–Crippen MR) is 277 cm³/mol. The van der Waals surface area contributed by atoms with E-state index in [1.165, 1.54) is 84.1 Å². The zero-order chi connectivity index (χ0) is 55.1. The van der Waals surface area contributed by atoms with Gasteiger partial charge in [-0.3, -0.25) is 9.59 Å². The molecule has 0 radical (unpaired) electrons. The molecule has 7 rings (SSSR count). The van der Waals surface area contributed by atoms with Gasteiger partial charge in [-0.05, 0) is 146 Å². The molecule has 0 amide bonds.